The number of nitrogens with one attached hydrogen (secondary N) is 2. The number of carboxylic acid groups (broad SMARTS) is 1. The van der Waals surface area contributed by atoms with Gasteiger partial charge in [0.2, 0.25) is 5.91 Å². The molecule has 2 aliphatic rings. The summed E-state index contributed by atoms with van der Waals surface area (Å²) in [6, 6.07) is 8.04. The van der Waals surface area contributed by atoms with Gasteiger partial charge < -0.3 is 15.7 Å². The molecule has 0 radical (unpaired) electrons. The van der Waals surface area contributed by atoms with Crippen molar-refractivity contribution in [2.24, 2.45) is 11.8 Å². The fraction of sp³-hybridized carbons (Fsp3) is 0.500. The van der Waals surface area contributed by atoms with Crippen molar-refractivity contribution < 1.29 is 14.7 Å². The highest BCUT2D eigenvalue weighted by molar-refractivity contribution is 5.81. The number of anilines is 1. The number of rotatable bonds is 3. The van der Waals surface area contributed by atoms with E-state index in [2.05, 4.69) is 10.6 Å². The molecule has 1 saturated carbocycles. The Morgan fingerprint density at radius 3 is 2.76 bits per heavy atom. The molecule has 0 saturated heterocycles. The standard InChI is InChI=1S/C16H20N2O3/c19-15(18-13-6-5-11(8-13)16(20)21)12-7-10-3-1-2-4-14(10)17-9-12/h1-4,11-13,17H,5-9H2,(H,18,19)(H,20,21)/t11-,12?,13+/m1/s1. The molecule has 3 N–H and O–H groups in total. The van der Waals surface area contributed by atoms with Gasteiger partial charge in [0.05, 0.1) is 11.8 Å². The SMILES string of the molecule is O=C(N[C@H]1CC[C@@H](C(=O)O)C1)C1CNc2ccccc2C1. The number of carbonyl (C=O) groups is 2. The summed E-state index contributed by atoms with van der Waals surface area (Å²) >= 11 is 0. The van der Waals surface area contributed by atoms with Gasteiger partial charge in [-0.15, -0.1) is 0 Å². The zero-order chi connectivity index (χ0) is 14.8. The Kier molecular flexibility index (Phi) is 3.82. The highest BCUT2D eigenvalue weighted by atomic mass is 16.4. The predicted molar refractivity (Wildman–Crippen MR) is 79.0 cm³/mol. The van der Waals surface area contributed by atoms with E-state index in [0.717, 1.165) is 18.5 Å². The number of hydrogen-bond acceptors (Lipinski definition) is 3. The maximum absolute atomic E-state index is 12.3. The molecule has 0 spiro atoms. The molecule has 21 heavy (non-hydrogen) atoms. The number of hydrogen-bond donors (Lipinski definition) is 3. The molecular formula is C16H20N2O3. The van der Waals surface area contributed by atoms with Gasteiger partial charge in [0.25, 0.3) is 0 Å². The number of benzene rings is 1. The molecule has 1 amide bonds. The third kappa shape index (κ3) is 3.01. The molecule has 1 unspecified atom stereocenters. The Bertz CT molecular complexity index is 558. The lowest BCUT2D eigenvalue weighted by atomic mass is 9.93. The Morgan fingerprint density at radius 1 is 1.19 bits per heavy atom. The van der Waals surface area contributed by atoms with E-state index in [4.69, 9.17) is 5.11 Å². The quantitative estimate of drug-likeness (QED) is 0.790. The summed E-state index contributed by atoms with van der Waals surface area (Å²) < 4.78 is 0. The topological polar surface area (TPSA) is 78.4 Å². The molecule has 1 aliphatic carbocycles. The van der Waals surface area contributed by atoms with Crippen LogP contribution in [0.25, 0.3) is 0 Å². The average molecular weight is 288 g/mol. The van der Waals surface area contributed by atoms with Gasteiger partial charge in [0.15, 0.2) is 0 Å². The Hall–Kier alpha value is -2.04. The van der Waals surface area contributed by atoms with E-state index in [1.54, 1.807) is 0 Å². The molecule has 1 fully saturated rings. The van der Waals surface area contributed by atoms with Crippen LogP contribution < -0.4 is 10.6 Å². The Balaban J connectivity index is 1.57. The van der Waals surface area contributed by atoms with Gasteiger partial charge in [0, 0.05) is 18.3 Å². The van der Waals surface area contributed by atoms with Gasteiger partial charge in [-0.2, -0.15) is 0 Å². The molecule has 1 aromatic carbocycles. The van der Waals surface area contributed by atoms with Crippen molar-refractivity contribution in [3.63, 3.8) is 0 Å². The molecule has 5 heteroatoms. The van der Waals surface area contributed by atoms with E-state index >= 15 is 0 Å². The van der Waals surface area contributed by atoms with E-state index in [0.29, 0.717) is 19.4 Å². The summed E-state index contributed by atoms with van der Waals surface area (Å²) in [6.07, 6.45) is 2.72. The second kappa shape index (κ2) is 5.76. The van der Waals surface area contributed by atoms with Crippen molar-refractivity contribution in [2.75, 3.05) is 11.9 Å². The molecule has 1 aromatic rings. The largest absolute Gasteiger partial charge is 0.481 e. The second-order valence-electron chi connectivity index (χ2n) is 5.99. The Morgan fingerprint density at radius 2 is 2.00 bits per heavy atom. The predicted octanol–water partition coefficient (Wildman–Crippen LogP) is 1.64. The summed E-state index contributed by atoms with van der Waals surface area (Å²) in [5.41, 5.74) is 2.27. The van der Waals surface area contributed by atoms with Gasteiger partial charge >= 0.3 is 5.97 Å². The lowest BCUT2D eigenvalue weighted by molar-refractivity contribution is -0.141. The van der Waals surface area contributed by atoms with Gasteiger partial charge in [-0.25, -0.2) is 0 Å². The summed E-state index contributed by atoms with van der Waals surface area (Å²) in [6.45, 7) is 0.637. The van der Waals surface area contributed by atoms with Crippen LogP contribution in [0.5, 0.6) is 0 Å². The zero-order valence-corrected chi connectivity index (χ0v) is 11.8. The van der Waals surface area contributed by atoms with Crippen LogP contribution in [0.15, 0.2) is 24.3 Å². The lowest BCUT2D eigenvalue weighted by Gasteiger charge is -2.26. The van der Waals surface area contributed by atoms with Crippen molar-refractivity contribution in [3.05, 3.63) is 29.8 Å². The van der Waals surface area contributed by atoms with E-state index in [1.807, 2.05) is 24.3 Å². The first-order valence-corrected chi connectivity index (χ1v) is 7.48. The first-order chi connectivity index (χ1) is 10.1. The summed E-state index contributed by atoms with van der Waals surface area (Å²) in [5, 5.41) is 15.3. The van der Waals surface area contributed by atoms with Crippen molar-refractivity contribution >= 4 is 17.6 Å². The molecule has 1 aliphatic heterocycles. The van der Waals surface area contributed by atoms with E-state index in [1.165, 1.54) is 5.56 Å². The maximum atomic E-state index is 12.3. The van der Waals surface area contributed by atoms with Gasteiger partial charge in [-0.3, -0.25) is 9.59 Å². The Labute approximate surface area is 123 Å². The van der Waals surface area contributed by atoms with Crippen molar-refractivity contribution in [1.82, 2.24) is 5.32 Å². The third-order valence-corrected chi connectivity index (χ3v) is 4.52. The highest BCUT2D eigenvalue weighted by Gasteiger charge is 2.32. The fourth-order valence-electron chi connectivity index (χ4n) is 3.28. The van der Waals surface area contributed by atoms with Gasteiger partial charge in [0.1, 0.15) is 0 Å². The van der Waals surface area contributed by atoms with Crippen LogP contribution in [0.2, 0.25) is 0 Å². The van der Waals surface area contributed by atoms with Crippen LogP contribution in [-0.4, -0.2) is 29.6 Å². The first kappa shape index (κ1) is 13.9. The number of carboxylic acids is 1. The molecule has 5 nitrogen and oxygen atoms in total. The summed E-state index contributed by atoms with van der Waals surface area (Å²) in [4.78, 5) is 23.3. The van der Waals surface area contributed by atoms with Crippen LogP contribution in [-0.2, 0) is 16.0 Å². The lowest BCUT2D eigenvalue weighted by Crippen LogP contribution is -2.42. The molecule has 112 valence electrons. The summed E-state index contributed by atoms with van der Waals surface area (Å²) in [7, 11) is 0. The average Bonchev–Trinajstić information content (AvgIpc) is 2.95. The highest BCUT2D eigenvalue weighted by Crippen LogP contribution is 2.27. The van der Waals surface area contributed by atoms with E-state index in [-0.39, 0.29) is 23.8 Å². The van der Waals surface area contributed by atoms with Crippen molar-refractivity contribution in [2.45, 2.75) is 31.7 Å². The smallest absolute Gasteiger partial charge is 0.306 e. The molecule has 3 rings (SSSR count). The molecule has 0 aromatic heterocycles. The van der Waals surface area contributed by atoms with E-state index in [9.17, 15) is 9.59 Å². The molecular weight excluding hydrogens is 268 g/mol. The minimum Gasteiger partial charge on any atom is -0.481 e. The first-order valence-electron chi connectivity index (χ1n) is 7.48. The monoisotopic (exact) mass is 288 g/mol. The van der Waals surface area contributed by atoms with Crippen LogP contribution in [0, 0.1) is 11.8 Å². The van der Waals surface area contributed by atoms with Crippen LogP contribution >= 0.6 is 0 Å². The number of amides is 1. The van der Waals surface area contributed by atoms with E-state index < -0.39 is 5.97 Å². The fourth-order valence-corrected chi connectivity index (χ4v) is 3.28. The molecule has 3 atom stereocenters. The number of fused-ring (bicyclic) bond motifs is 1. The molecule has 0 bridgehead atoms. The number of para-hydroxylation sites is 1. The third-order valence-electron chi connectivity index (χ3n) is 4.52. The van der Waals surface area contributed by atoms with Crippen molar-refractivity contribution in [1.29, 1.82) is 0 Å². The van der Waals surface area contributed by atoms with Crippen molar-refractivity contribution in [3.8, 4) is 0 Å². The van der Waals surface area contributed by atoms with Gasteiger partial charge in [-0.05, 0) is 37.3 Å². The minimum absolute atomic E-state index is 0.00997. The number of carbonyl (C=O) groups excluding carboxylic acids is 1. The second-order valence-corrected chi connectivity index (χ2v) is 5.99. The summed E-state index contributed by atoms with van der Waals surface area (Å²) in [5.74, 6) is -1.10. The zero-order valence-electron chi connectivity index (χ0n) is 11.8. The van der Waals surface area contributed by atoms with Crippen LogP contribution in [0.4, 0.5) is 5.69 Å². The van der Waals surface area contributed by atoms with Gasteiger partial charge in [-0.1, -0.05) is 18.2 Å². The van der Waals surface area contributed by atoms with Crippen LogP contribution in [0.3, 0.4) is 0 Å². The minimum atomic E-state index is -0.750. The normalized spacial score (nSPS) is 27.5. The maximum Gasteiger partial charge on any atom is 0.306 e. The van der Waals surface area contributed by atoms with Crippen LogP contribution in [0.1, 0.15) is 24.8 Å². The molecule has 1 heterocycles. The number of aliphatic carboxylic acids is 1.